The normalized spacial score (nSPS) is 21.1. The van der Waals surface area contributed by atoms with E-state index in [0.717, 1.165) is 10.2 Å². The van der Waals surface area contributed by atoms with Crippen LogP contribution >= 0.6 is 27.3 Å². The molecule has 0 bridgehead atoms. The fourth-order valence-electron chi connectivity index (χ4n) is 3.25. The average Bonchev–Trinajstić information content (AvgIpc) is 3.42. The SMILES string of the molecule is O=C(Nc1nc(C2CC2)cs1)C1CCCN(S(=O)(=O)c2ccc(Br)cc2)C1. The topological polar surface area (TPSA) is 79.4 Å². The van der Waals surface area contributed by atoms with Gasteiger partial charge < -0.3 is 5.32 Å². The molecule has 1 saturated carbocycles. The van der Waals surface area contributed by atoms with Gasteiger partial charge in [-0.3, -0.25) is 4.79 Å². The van der Waals surface area contributed by atoms with Gasteiger partial charge in [0.1, 0.15) is 0 Å². The summed E-state index contributed by atoms with van der Waals surface area (Å²) >= 11 is 4.75. The first-order chi connectivity index (χ1) is 12.9. The molecule has 9 heteroatoms. The molecular formula is C18H20BrN3O3S2. The van der Waals surface area contributed by atoms with Crippen molar-refractivity contribution in [1.82, 2.24) is 9.29 Å². The lowest BCUT2D eigenvalue weighted by molar-refractivity contribution is -0.120. The van der Waals surface area contributed by atoms with E-state index in [2.05, 4.69) is 26.2 Å². The third-order valence-corrected chi connectivity index (χ3v) is 8.14. The number of hydrogen-bond donors (Lipinski definition) is 1. The number of thiazole rings is 1. The Bertz CT molecular complexity index is 939. The highest BCUT2D eigenvalue weighted by molar-refractivity contribution is 9.10. The van der Waals surface area contributed by atoms with E-state index in [4.69, 9.17) is 0 Å². The molecule has 1 aromatic carbocycles. The monoisotopic (exact) mass is 469 g/mol. The summed E-state index contributed by atoms with van der Waals surface area (Å²) in [7, 11) is -3.60. The standard InChI is InChI=1S/C18H20BrN3O3S2/c19-14-5-7-15(8-6-14)27(24,25)22-9-1-2-13(10-22)17(23)21-18-20-16(11-26-18)12-3-4-12/h5-8,11-13H,1-4,9-10H2,(H,20,21,23). The molecule has 0 radical (unpaired) electrons. The van der Waals surface area contributed by atoms with Crippen molar-refractivity contribution in [1.29, 1.82) is 0 Å². The Labute approximate surface area is 171 Å². The van der Waals surface area contributed by atoms with Gasteiger partial charge in [0.2, 0.25) is 15.9 Å². The summed E-state index contributed by atoms with van der Waals surface area (Å²) in [6, 6.07) is 6.58. The molecular weight excluding hydrogens is 450 g/mol. The van der Waals surface area contributed by atoms with E-state index in [0.29, 0.717) is 30.4 Å². The Kier molecular flexibility index (Phi) is 5.37. The number of hydrogen-bond acceptors (Lipinski definition) is 5. The van der Waals surface area contributed by atoms with E-state index in [1.807, 2.05) is 5.38 Å². The van der Waals surface area contributed by atoms with Gasteiger partial charge in [-0.25, -0.2) is 13.4 Å². The van der Waals surface area contributed by atoms with Crippen molar-refractivity contribution in [2.24, 2.45) is 5.92 Å². The highest BCUT2D eigenvalue weighted by Crippen LogP contribution is 2.41. The van der Waals surface area contributed by atoms with Gasteiger partial charge >= 0.3 is 0 Å². The quantitative estimate of drug-likeness (QED) is 0.721. The lowest BCUT2D eigenvalue weighted by Gasteiger charge is -2.31. The maximum atomic E-state index is 12.9. The van der Waals surface area contributed by atoms with Crippen LogP contribution in [-0.4, -0.2) is 36.7 Å². The molecule has 1 aliphatic carbocycles. The predicted molar refractivity (Wildman–Crippen MR) is 108 cm³/mol. The summed E-state index contributed by atoms with van der Waals surface area (Å²) < 4.78 is 28.0. The van der Waals surface area contributed by atoms with Crippen molar-refractivity contribution in [3.05, 3.63) is 39.8 Å². The number of halogens is 1. The third kappa shape index (κ3) is 4.26. The van der Waals surface area contributed by atoms with Crippen LogP contribution in [0.5, 0.6) is 0 Å². The van der Waals surface area contributed by atoms with Crippen LogP contribution in [0, 0.1) is 5.92 Å². The summed E-state index contributed by atoms with van der Waals surface area (Å²) in [5, 5.41) is 5.48. The zero-order chi connectivity index (χ0) is 19.0. The molecule has 2 fully saturated rings. The van der Waals surface area contributed by atoms with Gasteiger partial charge in [-0.2, -0.15) is 4.31 Å². The summed E-state index contributed by atoms with van der Waals surface area (Å²) in [5.41, 5.74) is 1.05. The average molecular weight is 470 g/mol. The molecule has 1 unspecified atom stereocenters. The van der Waals surface area contributed by atoms with Gasteiger partial charge in [0.25, 0.3) is 0 Å². The molecule has 1 aliphatic heterocycles. The van der Waals surface area contributed by atoms with E-state index >= 15 is 0 Å². The molecule has 2 heterocycles. The largest absolute Gasteiger partial charge is 0.302 e. The maximum absolute atomic E-state index is 12.9. The van der Waals surface area contributed by atoms with Crippen LogP contribution < -0.4 is 5.32 Å². The fraction of sp³-hybridized carbons (Fsp3) is 0.444. The molecule has 6 nitrogen and oxygen atoms in total. The smallest absolute Gasteiger partial charge is 0.243 e. The highest BCUT2D eigenvalue weighted by Gasteiger charge is 2.34. The number of anilines is 1. The molecule has 1 N–H and O–H groups in total. The third-order valence-electron chi connectivity index (χ3n) is 4.95. The van der Waals surface area contributed by atoms with E-state index in [1.165, 1.54) is 28.5 Å². The van der Waals surface area contributed by atoms with Crippen LogP contribution in [0.3, 0.4) is 0 Å². The Hall–Kier alpha value is -1.29. The fourth-order valence-corrected chi connectivity index (χ4v) is 5.83. The van der Waals surface area contributed by atoms with Gasteiger partial charge in [0, 0.05) is 28.9 Å². The van der Waals surface area contributed by atoms with Gasteiger partial charge in [-0.1, -0.05) is 15.9 Å². The zero-order valence-corrected chi connectivity index (χ0v) is 17.8. The number of benzene rings is 1. The maximum Gasteiger partial charge on any atom is 0.243 e. The minimum Gasteiger partial charge on any atom is -0.302 e. The minimum absolute atomic E-state index is 0.151. The Morgan fingerprint density at radius 3 is 2.67 bits per heavy atom. The number of nitrogens with one attached hydrogen (secondary N) is 1. The second kappa shape index (κ2) is 7.62. The van der Waals surface area contributed by atoms with Gasteiger partial charge in [0.15, 0.2) is 5.13 Å². The number of amides is 1. The summed E-state index contributed by atoms with van der Waals surface area (Å²) in [4.78, 5) is 17.4. The summed E-state index contributed by atoms with van der Waals surface area (Å²) in [6.07, 6.45) is 3.68. The molecule has 1 amide bonds. The van der Waals surface area contributed by atoms with Crippen LogP contribution in [0.15, 0.2) is 39.0 Å². The predicted octanol–water partition coefficient (Wildman–Crippen LogP) is 3.82. The number of carbonyl (C=O) groups excluding carboxylic acids is 1. The van der Waals surface area contributed by atoms with E-state index < -0.39 is 10.0 Å². The summed E-state index contributed by atoms with van der Waals surface area (Å²) in [6.45, 7) is 0.635. The van der Waals surface area contributed by atoms with E-state index in [1.54, 1.807) is 24.3 Å². The highest BCUT2D eigenvalue weighted by atomic mass is 79.9. The van der Waals surface area contributed by atoms with Crippen molar-refractivity contribution in [2.75, 3.05) is 18.4 Å². The molecule has 4 rings (SSSR count). The molecule has 1 atom stereocenters. The number of piperidine rings is 1. The van der Waals surface area contributed by atoms with Crippen LogP contribution in [0.1, 0.15) is 37.3 Å². The number of carbonyl (C=O) groups is 1. The number of nitrogens with zero attached hydrogens (tertiary/aromatic N) is 2. The number of sulfonamides is 1. The molecule has 1 saturated heterocycles. The van der Waals surface area contributed by atoms with Crippen molar-refractivity contribution in [3.63, 3.8) is 0 Å². The molecule has 1 aromatic heterocycles. The summed E-state index contributed by atoms with van der Waals surface area (Å²) in [5.74, 6) is 0.0350. The Morgan fingerprint density at radius 2 is 1.96 bits per heavy atom. The van der Waals surface area contributed by atoms with Crippen LogP contribution in [0.25, 0.3) is 0 Å². The van der Waals surface area contributed by atoms with Crippen molar-refractivity contribution < 1.29 is 13.2 Å². The van der Waals surface area contributed by atoms with E-state index in [9.17, 15) is 13.2 Å². The molecule has 0 spiro atoms. The van der Waals surface area contributed by atoms with Crippen molar-refractivity contribution in [3.8, 4) is 0 Å². The van der Waals surface area contributed by atoms with Crippen molar-refractivity contribution >= 4 is 48.3 Å². The van der Waals surface area contributed by atoms with Crippen LogP contribution in [0.2, 0.25) is 0 Å². The van der Waals surface area contributed by atoms with Gasteiger partial charge in [0.05, 0.1) is 16.5 Å². The first-order valence-electron chi connectivity index (χ1n) is 8.95. The second-order valence-electron chi connectivity index (χ2n) is 7.00. The number of rotatable bonds is 5. The molecule has 27 heavy (non-hydrogen) atoms. The van der Waals surface area contributed by atoms with Gasteiger partial charge in [-0.15, -0.1) is 11.3 Å². The number of aromatic nitrogens is 1. The van der Waals surface area contributed by atoms with E-state index in [-0.39, 0.29) is 23.3 Å². The Morgan fingerprint density at radius 1 is 1.22 bits per heavy atom. The zero-order valence-electron chi connectivity index (χ0n) is 14.6. The van der Waals surface area contributed by atoms with Crippen LogP contribution in [-0.2, 0) is 14.8 Å². The first kappa shape index (κ1) is 19.0. The minimum atomic E-state index is -3.60. The van der Waals surface area contributed by atoms with Crippen molar-refractivity contribution in [2.45, 2.75) is 36.5 Å². The molecule has 144 valence electrons. The second-order valence-corrected chi connectivity index (χ2v) is 10.7. The lowest BCUT2D eigenvalue weighted by Crippen LogP contribution is -2.43. The van der Waals surface area contributed by atoms with Crippen LogP contribution in [0.4, 0.5) is 5.13 Å². The lowest BCUT2D eigenvalue weighted by atomic mass is 9.99. The Balaban J connectivity index is 1.43. The first-order valence-corrected chi connectivity index (χ1v) is 12.1. The molecule has 2 aliphatic rings. The molecule has 2 aromatic rings. The van der Waals surface area contributed by atoms with Gasteiger partial charge in [-0.05, 0) is 49.9 Å².